The Hall–Kier alpha value is -2.00. The lowest BCUT2D eigenvalue weighted by Crippen LogP contribution is -2.36. The van der Waals surface area contributed by atoms with E-state index >= 15 is 0 Å². The van der Waals surface area contributed by atoms with Crippen molar-refractivity contribution in [1.82, 2.24) is 15.5 Å². The largest absolute Gasteiger partial charge is 0.354 e. The number of amides is 2. The SMILES string of the molecule is CN(CC(=O)NCCc1cccs1)c1nnc(N2CCCC2=O)s1. The van der Waals surface area contributed by atoms with Gasteiger partial charge in [-0.15, -0.1) is 21.5 Å². The van der Waals surface area contributed by atoms with E-state index in [0.29, 0.717) is 29.8 Å². The van der Waals surface area contributed by atoms with Crippen LogP contribution in [0, 0.1) is 0 Å². The monoisotopic (exact) mass is 365 g/mol. The molecule has 1 N–H and O–H groups in total. The van der Waals surface area contributed by atoms with E-state index in [9.17, 15) is 9.59 Å². The van der Waals surface area contributed by atoms with Crippen LogP contribution in [0.3, 0.4) is 0 Å². The van der Waals surface area contributed by atoms with Crippen LogP contribution in [0.2, 0.25) is 0 Å². The Morgan fingerprint density at radius 1 is 1.46 bits per heavy atom. The fraction of sp³-hybridized carbons (Fsp3) is 0.467. The molecule has 128 valence electrons. The normalized spacial score (nSPS) is 14.2. The number of hydrogen-bond donors (Lipinski definition) is 1. The Morgan fingerprint density at radius 3 is 3.04 bits per heavy atom. The number of aromatic nitrogens is 2. The number of likely N-dealkylation sites (N-methyl/N-ethyl adjacent to an activating group) is 1. The van der Waals surface area contributed by atoms with Crippen molar-refractivity contribution in [3.05, 3.63) is 22.4 Å². The van der Waals surface area contributed by atoms with Crippen molar-refractivity contribution in [3.8, 4) is 0 Å². The fourth-order valence-corrected chi connectivity index (χ4v) is 4.00. The molecule has 24 heavy (non-hydrogen) atoms. The number of anilines is 2. The number of carbonyl (C=O) groups excluding carboxylic acids is 2. The van der Waals surface area contributed by atoms with E-state index in [-0.39, 0.29) is 18.4 Å². The maximum Gasteiger partial charge on any atom is 0.239 e. The lowest BCUT2D eigenvalue weighted by molar-refractivity contribution is -0.119. The molecular weight excluding hydrogens is 346 g/mol. The van der Waals surface area contributed by atoms with Gasteiger partial charge in [0.15, 0.2) is 0 Å². The van der Waals surface area contributed by atoms with Crippen LogP contribution in [0.1, 0.15) is 17.7 Å². The molecule has 1 saturated heterocycles. The molecule has 0 saturated carbocycles. The van der Waals surface area contributed by atoms with Gasteiger partial charge >= 0.3 is 0 Å². The third kappa shape index (κ3) is 4.09. The summed E-state index contributed by atoms with van der Waals surface area (Å²) in [4.78, 5) is 28.4. The summed E-state index contributed by atoms with van der Waals surface area (Å²) in [5, 5.41) is 14.4. The minimum Gasteiger partial charge on any atom is -0.354 e. The second-order valence-corrected chi connectivity index (χ2v) is 7.52. The standard InChI is InChI=1S/C15H19N5O2S2/c1-19(10-12(21)16-7-6-11-4-3-9-23-11)14-17-18-15(24-14)20-8-2-5-13(20)22/h3-4,9H,2,5-8,10H2,1H3,(H,16,21). The Labute approximate surface area is 148 Å². The summed E-state index contributed by atoms with van der Waals surface area (Å²) in [6.45, 7) is 1.53. The molecule has 3 rings (SSSR count). The summed E-state index contributed by atoms with van der Waals surface area (Å²) in [5.41, 5.74) is 0. The van der Waals surface area contributed by atoms with Crippen molar-refractivity contribution < 1.29 is 9.59 Å². The summed E-state index contributed by atoms with van der Waals surface area (Å²) < 4.78 is 0. The predicted octanol–water partition coefficient (Wildman–Crippen LogP) is 1.52. The van der Waals surface area contributed by atoms with Crippen LogP contribution >= 0.6 is 22.7 Å². The van der Waals surface area contributed by atoms with Crippen LogP contribution in [-0.4, -0.2) is 48.7 Å². The zero-order valence-corrected chi connectivity index (χ0v) is 15.0. The average Bonchev–Trinajstić information content (AvgIpc) is 3.27. The first-order chi connectivity index (χ1) is 11.6. The zero-order valence-electron chi connectivity index (χ0n) is 13.4. The molecule has 2 aromatic heterocycles. The van der Waals surface area contributed by atoms with Gasteiger partial charge in [-0.05, 0) is 24.3 Å². The lowest BCUT2D eigenvalue weighted by Gasteiger charge is -2.14. The van der Waals surface area contributed by atoms with Crippen molar-refractivity contribution in [1.29, 1.82) is 0 Å². The quantitative estimate of drug-likeness (QED) is 0.805. The van der Waals surface area contributed by atoms with Gasteiger partial charge in [0.05, 0.1) is 6.54 Å². The van der Waals surface area contributed by atoms with Crippen LogP contribution in [0.25, 0.3) is 0 Å². The molecule has 0 unspecified atom stereocenters. The molecule has 1 aliphatic rings. The highest BCUT2D eigenvalue weighted by atomic mass is 32.1. The molecule has 1 aliphatic heterocycles. The maximum absolute atomic E-state index is 12.0. The summed E-state index contributed by atoms with van der Waals surface area (Å²) >= 11 is 3.03. The molecule has 0 bridgehead atoms. The Morgan fingerprint density at radius 2 is 2.33 bits per heavy atom. The van der Waals surface area contributed by atoms with Gasteiger partial charge in [-0.3, -0.25) is 14.5 Å². The number of nitrogens with one attached hydrogen (secondary N) is 1. The van der Waals surface area contributed by atoms with Gasteiger partial charge in [0.25, 0.3) is 0 Å². The molecule has 0 atom stereocenters. The number of thiophene rings is 1. The minimum absolute atomic E-state index is 0.0527. The van der Waals surface area contributed by atoms with E-state index in [0.717, 1.165) is 12.8 Å². The van der Waals surface area contributed by atoms with Gasteiger partial charge < -0.3 is 10.2 Å². The summed E-state index contributed by atoms with van der Waals surface area (Å²) in [6, 6.07) is 4.07. The number of nitrogens with zero attached hydrogens (tertiary/aromatic N) is 4. The van der Waals surface area contributed by atoms with E-state index in [2.05, 4.69) is 21.6 Å². The number of rotatable bonds is 7. The van der Waals surface area contributed by atoms with E-state index in [1.54, 1.807) is 28.2 Å². The summed E-state index contributed by atoms with van der Waals surface area (Å²) in [5.74, 6) is 0.0368. The van der Waals surface area contributed by atoms with Gasteiger partial charge in [-0.1, -0.05) is 17.4 Å². The molecule has 3 heterocycles. The van der Waals surface area contributed by atoms with Gasteiger partial charge in [-0.2, -0.15) is 0 Å². The van der Waals surface area contributed by atoms with Gasteiger partial charge in [0.1, 0.15) is 0 Å². The summed E-state index contributed by atoms with van der Waals surface area (Å²) in [6.07, 6.45) is 2.26. The minimum atomic E-state index is -0.0527. The van der Waals surface area contributed by atoms with Crippen LogP contribution in [0.15, 0.2) is 17.5 Å². The number of hydrogen-bond acceptors (Lipinski definition) is 7. The Balaban J connectivity index is 1.47. The maximum atomic E-state index is 12.0. The smallest absolute Gasteiger partial charge is 0.239 e. The first-order valence-electron chi connectivity index (χ1n) is 7.77. The Bertz CT molecular complexity index is 701. The molecule has 7 nitrogen and oxygen atoms in total. The van der Waals surface area contributed by atoms with E-state index in [4.69, 9.17) is 0 Å². The molecule has 9 heteroatoms. The molecular formula is C15H19N5O2S2. The van der Waals surface area contributed by atoms with Crippen LogP contribution < -0.4 is 15.1 Å². The topological polar surface area (TPSA) is 78.4 Å². The molecule has 0 radical (unpaired) electrons. The van der Waals surface area contributed by atoms with Crippen molar-refractivity contribution in [3.63, 3.8) is 0 Å². The molecule has 0 aromatic carbocycles. The highest BCUT2D eigenvalue weighted by Gasteiger charge is 2.25. The highest BCUT2D eigenvalue weighted by Crippen LogP contribution is 2.29. The van der Waals surface area contributed by atoms with E-state index in [1.807, 2.05) is 11.4 Å². The van der Waals surface area contributed by atoms with E-state index in [1.165, 1.54) is 16.2 Å². The van der Waals surface area contributed by atoms with Crippen molar-refractivity contribution >= 4 is 44.8 Å². The third-order valence-corrected chi connectivity index (χ3v) is 5.69. The van der Waals surface area contributed by atoms with Crippen molar-refractivity contribution in [2.45, 2.75) is 19.3 Å². The predicted molar refractivity (Wildman–Crippen MR) is 95.8 cm³/mol. The molecule has 2 amide bonds. The first-order valence-corrected chi connectivity index (χ1v) is 9.47. The molecule has 2 aromatic rings. The summed E-state index contributed by atoms with van der Waals surface area (Å²) in [7, 11) is 1.80. The second-order valence-electron chi connectivity index (χ2n) is 5.55. The average molecular weight is 365 g/mol. The van der Waals surface area contributed by atoms with Gasteiger partial charge in [0.2, 0.25) is 22.1 Å². The molecule has 1 fully saturated rings. The third-order valence-electron chi connectivity index (χ3n) is 3.69. The zero-order chi connectivity index (χ0) is 16.9. The molecule has 0 spiro atoms. The second kappa shape index (κ2) is 7.71. The van der Waals surface area contributed by atoms with Crippen LogP contribution in [0.4, 0.5) is 10.3 Å². The van der Waals surface area contributed by atoms with Crippen LogP contribution in [0.5, 0.6) is 0 Å². The van der Waals surface area contributed by atoms with Crippen LogP contribution in [-0.2, 0) is 16.0 Å². The first kappa shape index (κ1) is 16.8. The van der Waals surface area contributed by atoms with E-state index < -0.39 is 0 Å². The van der Waals surface area contributed by atoms with Gasteiger partial charge in [0, 0.05) is 31.4 Å². The lowest BCUT2D eigenvalue weighted by atomic mass is 10.3. The number of carbonyl (C=O) groups is 2. The fourth-order valence-electron chi connectivity index (χ4n) is 2.44. The van der Waals surface area contributed by atoms with Crippen molar-refractivity contribution in [2.24, 2.45) is 0 Å². The van der Waals surface area contributed by atoms with Crippen molar-refractivity contribution in [2.75, 3.05) is 36.5 Å². The Kier molecular flexibility index (Phi) is 5.41. The molecule has 0 aliphatic carbocycles. The highest BCUT2D eigenvalue weighted by molar-refractivity contribution is 7.19. The van der Waals surface area contributed by atoms with Gasteiger partial charge in [-0.25, -0.2) is 0 Å².